The first kappa shape index (κ1) is 18.5. The summed E-state index contributed by atoms with van der Waals surface area (Å²) in [4.78, 5) is 23.3. The number of rotatable bonds is 5. The predicted molar refractivity (Wildman–Crippen MR) is 98.8 cm³/mol. The quantitative estimate of drug-likeness (QED) is 0.874. The number of hydrogen-bond acceptors (Lipinski definition) is 3. The topological polar surface area (TPSA) is 81.4 Å². The summed E-state index contributed by atoms with van der Waals surface area (Å²) in [5.41, 5.74) is 7.43. The lowest BCUT2D eigenvalue weighted by Gasteiger charge is -2.20. The molecule has 2 amide bonds. The van der Waals surface area contributed by atoms with E-state index in [1.54, 1.807) is 31.2 Å². The van der Waals surface area contributed by atoms with Crippen LogP contribution >= 0.6 is 0 Å². The van der Waals surface area contributed by atoms with Crippen molar-refractivity contribution in [2.24, 2.45) is 5.73 Å². The fraction of sp³-hybridized carbons (Fsp3) is 0.300. The van der Waals surface area contributed by atoms with Crippen LogP contribution in [-0.2, 0) is 10.2 Å². The van der Waals surface area contributed by atoms with Gasteiger partial charge in [-0.2, -0.15) is 0 Å². The van der Waals surface area contributed by atoms with Crippen LogP contribution in [0.2, 0.25) is 0 Å². The monoisotopic (exact) mass is 340 g/mol. The number of hydrogen-bond donors (Lipinski definition) is 2. The van der Waals surface area contributed by atoms with Gasteiger partial charge in [-0.05, 0) is 54.3 Å². The molecule has 0 unspecified atom stereocenters. The van der Waals surface area contributed by atoms with Gasteiger partial charge in [0.1, 0.15) is 5.75 Å². The molecule has 132 valence electrons. The highest BCUT2D eigenvalue weighted by molar-refractivity contribution is 5.96. The molecule has 0 aliphatic heterocycles. The van der Waals surface area contributed by atoms with E-state index in [1.165, 1.54) is 5.56 Å². The minimum Gasteiger partial charge on any atom is -0.481 e. The van der Waals surface area contributed by atoms with Crippen molar-refractivity contribution in [2.75, 3.05) is 5.32 Å². The maximum atomic E-state index is 12.2. The SMILES string of the molecule is C[C@@H](Oc1ccc(C(C)(C)C)cc1)C(=O)Nc1ccc(C(N)=O)cc1. The van der Waals surface area contributed by atoms with Gasteiger partial charge in [0.2, 0.25) is 5.91 Å². The average molecular weight is 340 g/mol. The fourth-order valence-electron chi connectivity index (χ4n) is 2.25. The van der Waals surface area contributed by atoms with Gasteiger partial charge in [-0.1, -0.05) is 32.9 Å². The van der Waals surface area contributed by atoms with Crippen LogP contribution in [0.1, 0.15) is 43.6 Å². The molecule has 0 radical (unpaired) electrons. The van der Waals surface area contributed by atoms with Crippen molar-refractivity contribution in [1.29, 1.82) is 0 Å². The Morgan fingerprint density at radius 1 is 1.00 bits per heavy atom. The van der Waals surface area contributed by atoms with Crippen molar-refractivity contribution in [3.63, 3.8) is 0 Å². The Hall–Kier alpha value is -2.82. The summed E-state index contributed by atoms with van der Waals surface area (Å²) >= 11 is 0. The van der Waals surface area contributed by atoms with Gasteiger partial charge in [0.05, 0.1) is 0 Å². The first-order chi connectivity index (χ1) is 11.7. The van der Waals surface area contributed by atoms with Gasteiger partial charge in [0.15, 0.2) is 6.10 Å². The molecule has 2 aromatic rings. The molecule has 0 saturated carbocycles. The van der Waals surface area contributed by atoms with E-state index in [1.807, 2.05) is 24.3 Å². The summed E-state index contributed by atoms with van der Waals surface area (Å²) in [7, 11) is 0. The molecule has 2 rings (SSSR count). The zero-order valence-corrected chi connectivity index (χ0v) is 15.0. The molecule has 0 aliphatic rings. The van der Waals surface area contributed by atoms with Crippen molar-refractivity contribution >= 4 is 17.5 Å². The molecular weight excluding hydrogens is 316 g/mol. The van der Waals surface area contributed by atoms with E-state index in [-0.39, 0.29) is 11.3 Å². The Labute approximate surface area is 148 Å². The van der Waals surface area contributed by atoms with Gasteiger partial charge >= 0.3 is 0 Å². The van der Waals surface area contributed by atoms with Gasteiger partial charge in [-0.25, -0.2) is 0 Å². The largest absolute Gasteiger partial charge is 0.481 e. The van der Waals surface area contributed by atoms with Crippen LogP contribution < -0.4 is 15.8 Å². The third-order valence-corrected chi connectivity index (χ3v) is 3.84. The summed E-state index contributed by atoms with van der Waals surface area (Å²) < 4.78 is 5.69. The van der Waals surface area contributed by atoms with E-state index in [4.69, 9.17) is 10.5 Å². The first-order valence-electron chi connectivity index (χ1n) is 8.15. The average Bonchev–Trinajstić information content (AvgIpc) is 2.55. The number of nitrogens with one attached hydrogen (secondary N) is 1. The molecule has 0 bridgehead atoms. The fourth-order valence-corrected chi connectivity index (χ4v) is 2.25. The summed E-state index contributed by atoms with van der Waals surface area (Å²) in [5, 5.41) is 2.75. The Morgan fingerprint density at radius 3 is 2.04 bits per heavy atom. The van der Waals surface area contributed by atoms with Crippen molar-refractivity contribution in [3.8, 4) is 5.75 Å². The van der Waals surface area contributed by atoms with Crippen LogP contribution in [-0.4, -0.2) is 17.9 Å². The summed E-state index contributed by atoms with van der Waals surface area (Å²) in [6.45, 7) is 8.11. The Bertz CT molecular complexity index is 744. The van der Waals surface area contributed by atoms with E-state index >= 15 is 0 Å². The Kier molecular flexibility index (Phi) is 5.47. The number of carbonyl (C=O) groups excluding carboxylic acids is 2. The number of ether oxygens (including phenoxy) is 1. The lowest BCUT2D eigenvalue weighted by atomic mass is 9.87. The van der Waals surface area contributed by atoms with E-state index in [9.17, 15) is 9.59 Å². The Balaban J connectivity index is 1.96. The predicted octanol–water partition coefficient (Wildman–Crippen LogP) is 3.49. The van der Waals surface area contributed by atoms with E-state index in [0.717, 1.165) is 0 Å². The minimum atomic E-state index is -0.656. The summed E-state index contributed by atoms with van der Waals surface area (Å²) in [5.74, 6) is -0.139. The molecule has 0 aliphatic carbocycles. The van der Waals surface area contributed by atoms with Gasteiger partial charge in [-0.3, -0.25) is 9.59 Å². The minimum absolute atomic E-state index is 0.0681. The number of carbonyl (C=O) groups is 2. The summed E-state index contributed by atoms with van der Waals surface area (Å²) in [6, 6.07) is 14.1. The molecule has 1 atom stereocenters. The van der Waals surface area contributed by atoms with Crippen LogP contribution in [0.25, 0.3) is 0 Å². The second-order valence-electron chi connectivity index (χ2n) is 6.97. The number of nitrogens with two attached hydrogens (primary N) is 1. The molecule has 5 nitrogen and oxygen atoms in total. The van der Waals surface area contributed by atoms with Gasteiger partial charge < -0.3 is 15.8 Å². The molecular formula is C20H24N2O3. The van der Waals surface area contributed by atoms with Crippen LogP contribution in [0.15, 0.2) is 48.5 Å². The van der Waals surface area contributed by atoms with Crippen LogP contribution in [0, 0.1) is 0 Å². The molecule has 0 fully saturated rings. The maximum absolute atomic E-state index is 12.2. The number of benzene rings is 2. The molecule has 0 saturated heterocycles. The van der Waals surface area contributed by atoms with Crippen molar-refractivity contribution in [3.05, 3.63) is 59.7 Å². The highest BCUT2D eigenvalue weighted by Crippen LogP contribution is 2.24. The second-order valence-corrected chi connectivity index (χ2v) is 6.97. The zero-order valence-electron chi connectivity index (χ0n) is 15.0. The summed E-state index contributed by atoms with van der Waals surface area (Å²) in [6.07, 6.45) is -0.656. The third-order valence-electron chi connectivity index (χ3n) is 3.84. The van der Waals surface area contributed by atoms with E-state index < -0.39 is 12.0 Å². The standard InChI is InChI=1S/C20H24N2O3/c1-13(25-17-11-7-15(8-12-17)20(2,3)4)19(24)22-16-9-5-14(6-10-16)18(21)23/h5-13H,1-4H3,(H2,21,23)(H,22,24)/t13-/m1/s1. The van der Waals surface area contributed by atoms with Crippen LogP contribution in [0.3, 0.4) is 0 Å². The van der Waals surface area contributed by atoms with E-state index in [2.05, 4.69) is 26.1 Å². The van der Waals surface area contributed by atoms with Crippen LogP contribution in [0.5, 0.6) is 5.75 Å². The van der Waals surface area contributed by atoms with Gasteiger partial charge in [0, 0.05) is 11.3 Å². The van der Waals surface area contributed by atoms with Gasteiger partial charge in [0.25, 0.3) is 5.91 Å². The Morgan fingerprint density at radius 2 is 1.56 bits per heavy atom. The maximum Gasteiger partial charge on any atom is 0.265 e. The zero-order chi connectivity index (χ0) is 18.6. The highest BCUT2D eigenvalue weighted by atomic mass is 16.5. The van der Waals surface area contributed by atoms with Crippen LogP contribution in [0.4, 0.5) is 5.69 Å². The molecule has 25 heavy (non-hydrogen) atoms. The number of amides is 2. The smallest absolute Gasteiger partial charge is 0.265 e. The normalized spacial score (nSPS) is 12.3. The molecule has 0 aromatic heterocycles. The lowest BCUT2D eigenvalue weighted by Crippen LogP contribution is -2.30. The number of primary amides is 1. The van der Waals surface area contributed by atoms with Crippen molar-refractivity contribution < 1.29 is 14.3 Å². The van der Waals surface area contributed by atoms with Crippen molar-refractivity contribution in [2.45, 2.75) is 39.2 Å². The third kappa shape index (κ3) is 5.08. The highest BCUT2D eigenvalue weighted by Gasteiger charge is 2.17. The second kappa shape index (κ2) is 7.38. The van der Waals surface area contributed by atoms with Crippen molar-refractivity contribution in [1.82, 2.24) is 0 Å². The van der Waals surface area contributed by atoms with Gasteiger partial charge in [-0.15, -0.1) is 0 Å². The molecule has 3 N–H and O–H groups in total. The first-order valence-corrected chi connectivity index (χ1v) is 8.15. The molecule has 5 heteroatoms. The lowest BCUT2D eigenvalue weighted by molar-refractivity contribution is -0.122. The van der Waals surface area contributed by atoms with E-state index in [0.29, 0.717) is 17.0 Å². The number of anilines is 1. The molecule has 0 spiro atoms. The molecule has 0 heterocycles. The molecule has 2 aromatic carbocycles.